The van der Waals surface area contributed by atoms with Gasteiger partial charge in [-0.1, -0.05) is 86.0 Å². The highest BCUT2D eigenvalue weighted by molar-refractivity contribution is 7.44. The topological polar surface area (TPSA) is 61.8 Å². The summed E-state index contributed by atoms with van der Waals surface area (Å²) >= 11 is 0. The molecule has 1 unspecified atom stereocenters. The van der Waals surface area contributed by atoms with Gasteiger partial charge in [-0.15, -0.1) is 0 Å². The summed E-state index contributed by atoms with van der Waals surface area (Å²) in [5, 5.41) is 1.99. The molecule has 0 aliphatic heterocycles. The predicted molar refractivity (Wildman–Crippen MR) is 128 cm³/mol. The minimum absolute atomic E-state index is 0.0498. The molecule has 2 atom stereocenters. The molecule has 2 aromatic rings. The lowest BCUT2D eigenvalue weighted by molar-refractivity contribution is -0.142. The molecule has 2 rings (SSSR count). The largest absolute Gasteiger partial charge is 0.469 e. The van der Waals surface area contributed by atoms with Crippen LogP contribution in [-0.2, 0) is 23.3 Å². The molecule has 0 amide bonds. The standard InChI is InChI=1S/C24H34O5PSi/c1-6-28-19-30(26)18-20(17-23(25)27-5)29-31(24(2,3)4,21-13-9-7-10-14-21)22-15-11-8-12-16-22/h7-16,20H,6,17-19H2,1-5H3/q+1/t20-/m0/s1. The van der Waals surface area contributed by atoms with Gasteiger partial charge in [0.2, 0.25) is 6.35 Å². The summed E-state index contributed by atoms with van der Waals surface area (Å²) < 4.78 is 30.0. The van der Waals surface area contributed by atoms with Crippen LogP contribution in [0.15, 0.2) is 60.7 Å². The number of carbonyl (C=O) groups excluding carboxylic acids is 1. The van der Waals surface area contributed by atoms with Gasteiger partial charge in [-0.05, 0) is 22.3 Å². The van der Waals surface area contributed by atoms with E-state index in [2.05, 4.69) is 45.0 Å². The van der Waals surface area contributed by atoms with Crippen LogP contribution in [0.1, 0.15) is 34.1 Å². The van der Waals surface area contributed by atoms with E-state index in [9.17, 15) is 9.36 Å². The van der Waals surface area contributed by atoms with Gasteiger partial charge in [-0.25, -0.2) is 0 Å². The van der Waals surface area contributed by atoms with E-state index in [1.165, 1.54) is 7.11 Å². The Bertz CT molecular complexity index is 797. The van der Waals surface area contributed by atoms with Crippen molar-refractivity contribution < 1.29 is 23.3 Å². The van der Waals surface area contributed by atoms with Crippen LogP contribution < -0.4 is 10.4 Å². The lowest BCUT2D eigenvalue weighted by atomic mass is 10.2. The molecule has 0 spiro atoms. The summed E-state index contributed by atoms with van der Waals surface area (Å²) in [7, 11) is -3.17. The lowest BCUT2D eigenvalue weighted by Gasteiger charge is -2.44. The van der Waals surface area contributed by atoms with E-state index in [1.807, 2.05) is 43.3 Å². The predicted octanol–water partition coefficient (Wildman–Crippen LogP) is 4.32. The Hall–Kier alpha value is -1.85. The van der Waals surface area contributed by atoms with Crippen molar-refractivity contribution >= 4 is 32.5 Å². The van der Waals surface area contributed by atoms with Gasteiger partial charge in [0.1, 0.15) is 6.10 Å². The van der Waals surface area contributed by atoms with Crippen LogP contribution in [0, 0.1) is 0 Å². The fourth-order valence-corrected chi connectivity index (χ4v) is 9.80. The first-order chi connectivity index (χ1) is 14.7. The van der Waals surface area contributed by atoms with Crippen molar-refractivity contribution in [3.05, 3.63) is 60.7 Å². The monoisotopic (exact) mass is 461 g/mol. The molecule has 0 saturated heterocycles. The molecule has 0 heterocycles. The minimum atomic E-state index is -2.87. The molecule has 2 aromatic carbocycles. The number of hydrogen-bond donors (Lipinski definition) is 0. The van der Waals surface area contributed by atoms with Crippen LogP contribution >= 0.6 is 7.80 Å². The Kier molecular flexibility index (Phi) is 9.57. The fraction of sp³-hybridized carbons (Fsp3) is 0.458. The average molecular weight is 462 g/mol. The number of rotatable bonds is 11. The van der Waals surface area contributed by atoms with E-state index >= 15 is 0 Å². The van der Waals surface area contributed by atoms with Crippen LogP contribution in [0.5, 0.6) is 0 Å². The molecule has 0 N–H and O–H groups in total. The van der Waals surface area contributed by atoms with Gasteiger partial charge < -0.3 is 13.9 Å². The first kappa shape index (κ1) is 25.4. The number of methoxy groups -OCH3 is 1. The third-order valence-electron chi connectivity index (χ3n) is 5.23. The van der Waals surface area contributed by atoms with Crippen molar-refractivity contribution in [1.29, 1.82) is 0 Å². The smallest absolute Gasteiger partial charge is 0.369 e. The number of ether oxygens (including phenoxy) is 2. The van der Waals surface area contributed by atoms with E-state index in [0.717, 1.165) is 10.4 Å². The molecule has 31 heavy (non-hydrogen) atoms. The second kappa shape index (κ2) is 11.7. The molecular weight excluding hydrogens is 427 g/mol. The molecule has 0 saturated carbocycles. The Labute approximate surface area is 188 Å². The van der Waals surface area contributed by atoms with Crippen LogP contribution in [0.2, 0.25) is 5.04 Å². The number of esters is 1. The van der Waals surface area contributed by atoms with Crippen LogP contribution in [0.25, 0.3) is 0 Å². The van der Waals surface area contributed by atoms with E-state index in [0.29, 0.717) is 6.61 Å². The Morgan fingerprint density at radius 3 is 1.94 bits per heavy atom. The van der Waals surface area contributed by atoms with Crippen molar-refractivity contribution in [2.45, 2.75) is 45.3 Å². The summed E-state index contributed by atoms with van der Waals surface area (Å²) in [6, 6.07) is 20.4. The first-order valence-electron chi connectivity index (χ1n) is 10.6. The van der Waals surface area contributed by atoms with E-state index < -0.39 is 22.2 Å². The molecule has 168 valence electrons. The van der Waals surface area contributed by atoms with Gasteiger partial charge in [0.05, 0.1) is 13.5 Å². The summed E-state index contributed by atoms with van der Waals surface area (Å²) in [5.74, 6) is -0.372. The highest BCUT2D eigenvalue weighted by Gasteiger charge is 2.52. The zero-order valence-electron chi connectivity index (χ0n) is 19.2. The molecule has 0 fully saturated rings. The van der Waals surface area contributed by atoms with Gasteiger partial charge >= 0.3 is 13.8 Å². The van der Waals surface area contributed by atoms with Crippen LogP contribution in [0.3, 0.4) is 0 Å². The van der Waals surface area contributed by atoms with Crippen molar-refractivity contribution in [3.8, 4) is 0 Å². The van der Waals surface area contributed by atoms with E-state index in [-0.39, 0.29) is 29.9 Å². The van der Waals surface area contributed by atoms with Gasteiger partial charge in [0.25, 0.3) is 8.32 Å². The second-order valence-corrected chi connectivity index (χ2v) is 14.3. The minimum Gasteiger partial charge on any atom is -0.469 e. The maximum Gasteiger partial charge on any atom is 0.369 e. The van der Waals surface area contributed by atoms with Crippen LogP contribution in [0.4, 0.5) is 0 Å². The van der Waals surface area contributed by atoms with Gasteiger partial charge in [0, 0.05) is 6.61 Å². The second-order valence-electron chi connectivity index (χ2n) is 8.47. The SMILES string of the molecule is CCOC[P+](=O)C[C@H](CC(=O)OC)O[Si](c1ccccc1)(c1ccccc1)C(C)(C)C. The van der Waals surface area contributed by atoms with Crippen molar-refractivity contribution in [2.24, 2.45) is 0 Å². The molecule has 0 aromatic heterocycles. The van der Waals surface area contributed by atoms with E-state index in [1.54, 1.807) is 0 Å². The normalized spacial score (nSPS) is 13.5. The highest BCUT2D eigenvalue weighted by Crippen LogP contribution is 2.39. The summed E-state index contributed by atoms with van der Waals surface area (Å²) in [6.45, 7) is 8.89. The molecule has 7 heteroatoms. The van der Waals surface area contributed by atoms with Gasteiger partial charge in [-0.3, -0.25) is 4.79 Å². The fourth-order valence-electron chi connectivity index (χ4n) is 3.83. The number of carbonyl (C=O) groups is 1. The third kappa shape index (κ3) is 6.56. The Morgan fingerprint density at radius 1 is 1.00 bits per heavy atom. The molecule has 0 bridgehead atoms. The average Bonchev–Trinajstić information content (AvgIpc) is 2.76. The Morgan fingerprint density at radius 2 is 1.52 bits per heavy atom. The van der Waals surface area contributed by atoms with Crippen LogP contribution in [-0.4, -0.2) is 46.6 Å². The Balaban J connectivity index is 2.57. The number of hydrogen-bond acceptors (Lipinski definition) is 5. The molecular formula is C24H34O5PSi+. The van der Waals surface area contributed by atoms with Crippen molar-refractivity contribution in [3.63, 3.8) is 0 Å². The lowest BCUT2D eigenvalue weighted by Crippen LogP contribution is -2.68. The van der Waals surface area contributed by atoms with Gasteiger partial charge in [-0.2, -0.15) is 0 Å². The van der Waals surface area contributed by atoms with E-state index in [4.69, 9.17) is 13.9 Å². The third-order valence-corrected chi connectivity index (χ3v) is 11.6. The number of benzene rings is 2. The molecule has 0 radical (unpaired) electrons. The molecule has 0 aliphatic carbocycles. The summed E-state index contributed by atoms with van der Waals surface area (Å²) in [5.41, 5.74) is 0. The highest BCUT2D eigenvalue weighted by atomic mass is 31.1. The van der Waals surface area contributed by atoms with Crippen molar-refractivity contribution in [2.75, 3.05) is 26.2 Å². The molecule has 0 aliphatic rings. The zero-order chi connectivity index (χ0) is 22.9. The summed E-state index contributed by atoms with van der Waals surface area (Å²) in [4.78, 5) is 12.2. The maximum absolute atomic E-state index is 12.7. The van der Waals surface area contributed by atoms with Crippen molar-refractivity contribution in [1.82, 2.24) is 0 Å². The zero-order valence-corrected chi connectivity index (χ0v) is 21.1. The van der Waals surface area contributed by atoms with Gasteiger partial charge in [0.15, 0.2) is 6.16 Å². The maximum atomic E-state index is 12.7. The molecule has 5 nitrogen and oxygen atoms in total. The first-order valence-corrected chi connectivity index (χ1v) is 14.1. The summed E-state index contributed by atoms with van der Waals surface area (Å²) in [6.07, 6.45) is -0.0840. The quantitative estimate of drug-likeness (QED) is 0.283.